The van der Waals surface area contributed by atoms with Gasteiger partial charge in [-0.3, -0.25) is 14.4 Å². The van der Waals surface area contributed by atoms with Gasteiger partial charge in [0, 0.05) is 26.6 Å². The molecule has 10 heteroatoms. The van der Waals surface area contributed by atoms with Crippen molar-refractivity contribution in [3.05, 3.63) is 65.5 Å². The molecule has 222 valence electrons. The molecule has 4 rings (SSSR count). The molecule has 41 heavy (non-hydrogen) atoms. The number of fused-ring (bicyclic) bond motifs is 1. The van der Waals surface area contributed by atoms with Gasteiger partial charge in [0.2, 0.25) is 17.7 Å². The van der Waals surface area contributed by atoms with Crippen LogP contribution in [0.15, 0.2) is 48.5 Å². The summed E-state index contributed by atoms with van der Waals surface area (Å²) < 4.78 is 19.6. The highest BCUT2D eigenvalue weighted by Gasteiger charge is 2.45. The summed E-state index contributed by atoms with van der Waals surface area (Å²) in [5.74, 6) is -0.881. The third-order valence-electron chi connectivity index (χ3n) is 7.62. The largest absolute Gasteiger partial charge is 0.492 e. The van der Waals surface area contributed by atoms with E-state index in [1.54, 1.807) is 12.1 Å². The lowest BCUT2D eigenvalue weighted by Gasteiger charge is -2.38. The van der Waals surface area contributed by atoms with Crippen LogP contribution in [0.5, 0.6) is 5.75 Å². The van der Waals surface area contributed by atoms with Crippen LogP contribution in [0.25, 0.3) is 0 Å². The lowest BCUT2D eigenvalue weighted by Crippen LogP contribution is -2.63. The molecule has 1 saturated carbocycles. The number of hydrogen-bond donors (Lipinski definition) is 4. The molecule has 2 aliphatic rings. The molecule has 1 aliphatic heterocycles. The summed E-state index contributed by atoms with van der Waals surface area (Å²) in [6.45, 7) is 4.08. The standard InChI is InChI=1S/C31H41FN4O5/c1-31(2,40)27-29(38)35-24(19-20-10-14-23(32)15-11-20)28(37)34-16-6-8-21-7-4-5-9-25(21)41-18-17-33-26(22-12-13-22)30(39)36(27)3/h4-5,7,9-11,14-15,22,24,26-27,33,40H,6,8,12-13,16-19H2,1-3H3,(H,34,37)(H,35,38)/t24-,26+,27-/m1/s1. The number of hydrogen-bond acceptors (Lipinski definition) is 6. The Balaban J connectivity index is 1.62. The number of aryl methyl sites for hydroxylation is 1. The van der Waals surface area contributed by atoms with E-state index in [1.165, 1.54) is 37.9 Å². The van der Waals surface area contributed by atoms with Gasteiger partial charge < -0.3 is 30.7 Å². The second-order valence-electron chi connectivity index (χ2n) is 11.5. The molecular weight excluding hydrogens is 527 g/mol. The minimum Gasteiger partial charge on any atom is -0.492 e. The Morgan fingerprint density at radius 1 is 1.02 bits per heavy atom. The Bertz CT molecular complexity index is 1210. The van der Waals surface area contributed by atoms with Gasteiger partial charge in [-0.25, -0.2) is 4.39 Å². The minimum atomic E-state index is -1.60. The predicted molar refractivity (Wildman–Crippen MR) is 153 cm³/mol. The molecule has 2 aromatic carbocycles. The van der Waals surface area contributed by atoms with E-state index in [9.17, 15) is 23.9 Å². The first-order chi connectivity index (χ1) is 19.5. The fraction of sp³-hybridized carbons (Fsp3) is 0.516. The highest BCUT2D eigenvalue weighted by Crippen LogP contribution is 2.34. The summed E-state index contributed by atoms with van der Waals surface area (Å²) >= 11 is 0. The topological polar surface area (TPSA) is 120 Å². The number of halogens is 1. The Morgan fingerprint density at radius 3 is 2.41 bits per heavy atom. The second kappa shape index (κ2) is 13.4. The summed E-state index contributed by atoms with van der Waals surface area (Å²) in [6, 6.07) is 10.7. The number of rotatable bonds is 4. The summed E-state index contributed by atoms with van der Waals surface area (Å²) in [6.07, 6.45) is 3.21. The highest BCUT2D eigenvalue weighted by atomic mass is 19.1. The highest BCUT2D eigenvalue weighted by molar-refractivity contribution is 5.94. The van der Waals surface area contributed by atoms with Crippen molar-refractivity contribution in [3.63, 3.8) is 0 Å². The van der Waals surface area contributed by atoms with Crippen molar-refractivity contribution in [2.45, 2.75) is 69.7 Å². The van der Waals surface area contributed by atoms with Gasteiger partial charge >= 0.3 is 0 Å². The summed E-state index contributed by atoms with van der Waals surface area (Å²) in [5.41, 5.74) is 0.0663. The van der Waals surface area contributed by atoms with E-state index in [2.05, 4.69) is 16.0 Å². The van der Waals surface area contributed by atoms with Gasteiger partial charge in [-0.15, -0.1) is 0 Å². The van der Waals surface area contributed by atoms with E-state index in [4.69, 9.17) is 4.74 Å². The third-order valence-corrected chi connectivity index (χ3v) is 7.62. The Morgan fingerprint density at radius 2 is 1.73 bits per heavy atom. The molecule has 0 spiro atoms. The molecule has 3 atom stereocenters. The summed E-state index contributed by atoms with van der Waals surface area (Å²) in [7, 11) is 1.50. The van der Waals surface area contributed by atoms with Crippen LogP contribution >= 0.6 is 0 Å². The van der Waals surface area contributed by atoms with Crippen molar-refractivity contribution in [2.75, 3.05) is 26.7 Å². The number of aliphatic hydroxyl groups is 1. The average molecular weight is 569 g/mol. The van der Waals surface area contributed by atoms with Gasteiger partial charge in [-0.05, 0) is 74.8 Å². The number of benzene rings is 2. The number of para-hydroxylation sites is 1. The van der Waals surface area contributed by atoms with E-state index in [0.29, 0.717) is 38.1 Å². The molecule has 0 aromatic heterocycles. The first-order valence-electron chi connectivity index (χ1n) is 14.3. The Labute approximate surface area is 240 Å². The second-order valence-corrected chi connectivity index (χ2v) is 11.5. The Kier molecular flexibility index (Phi) is 9.99. The predicted octanol–water partition coefficient (Wildman–Crippen LogP) is 1.96. The number of carbonyl (C=O) groups excluding carboxylic acids is 3. The SMILES string of the molecule is CN1C(=O)[C@H](C2CC2)NCCOc2ccccc2CCCNC(=O)[C@@H](Cc2ccc(F)cc2)NC(=O)[C@@H]1C(C)(C)O. The molecule has 2 aromatic rings. The van der Waals surface area contributed by atoms with E-state index >= 15 is 0 Å². The Hall–Kier alpha value is -3.50. The first kappa shape index (κ1) is 30.5. The molecule has 0 saturated heterocycles. The molecule has 1 fully saturated rings. The van der Waals surface area contributed by atoms with Crippen LogP contribution in [-0.4, -0.2) is 78.2 Å². The van der Waals surface area contributed by atoms with Crippen LogP contribution in [0.3, 0.4) is 0 Å². The van der Waals surface area contributed by atoms with Crippen LogP contribution in [0.4, 0.5) is 4.39 Å². The third kappa shape index (κ3) is 8.27. The summed E-state index contributed by atoms with van der Waals surface area (Å²) in [5, 5.41) is 20.0. The minimum absolute atomic E-state index is 0.108. The van der Waals surface area contributed by atoms with Gasteiger partial charge in [0.05, 0.1) is 11.6 Å². The maximum atomic E-state index is 13.7. The van der Waals surface area contributed by atoms with Crippen molar-refractivity contribution in [3.8, 4) is 5.75 Å². The lowest BCUT2D eigenvalue weighted by atomic mass is 9.94. The zero-order chi connectivity index (χ0) is 29.6. The molecular formula is C31H41FN4O5. The van der Waals surface area contributed by atoms with Gasteiger partial charge in [0.1, 0.15) is 30.3 Å². The number of ether oxygens (including phenoxy) is 1. The number of likely N-dealkylation sites (N-methyl/N-ethyl adjacent to an activating group) is 1. The lowest BCUT2D eigenvalue weighted by molar-refractivity contribution is -0.150. The fourth-order valence-electron chi connectivity index (χ4n) is 5.36. The van der Waals surface area contributed by atoms with Crippen molar-refractivity contribution < 1.29 is 28.6 Å². The molecule has 4 N–H and O–H groups in total. The zero-order valence-electron chi connectivity index (χ0n) is 24.0. The number of nitrogens with zero attached hydrogens (tertiary/aromatic N) is 1. The monoisotopic (exact) mass is 568 g/mol. The van der Waals surface area contributed by atoms with Crippen LogP contribution in [-0.2, 0) is 27.2 Å². The molecule has 9 nitrogen and oxygen atoms in total. The maximum Gasteiger partial charge on any atom is 0.246 e. The van der Waals surface area contributed by atoms with E-state index < -0.39 is 41.4 Å². The molecule has 1 aliphatic carbocycles. The van der Waals surface area contributed by atoms with E-state index in [-0.39, 0.29) is 18.2 Å². The maximum absolute atomic E-state index is 13.7. The van der Waals surface area contributed by atoms with Gasteiger partial charge in [-0.2, -0.15) is 0 Å². The van der Waals surface area contributed by atoms with Crippen LogP contribution in [0, 0.1) is 11.7 Å². The number of carbonyl (C=O) groups is 3. The molecule has 0 radical (unpaired) electrons. The van der Waals surface area contributed by atoms with Crippen molar-refractivity contribution >= 4 is 17.7 Å². The van der Waals surface area contributed by atoms with Crippen LogP contribution < -0.4 is 20.7 Å². The molecule has 0 bridgehead atoms. The summed E-state index contributed by atoms with van der Waals surface area (Å²) in [4.78, 5) is 42.0. The van der Waals surface area contributed by atoms with Gasteiger partial charge in [0.25, 0.3) is 0 Å². The molecule has 3 amide bonds. The molecule has 1 heterocycles. The van der Waals surface area contributed by atoms with E-state index in [0.717, 1.165) is 24.2 Å². The number of nitrogens with one attached hydrogen (secondary N) is 3. The van der Waals surface area contributed by atoms with Crippen molar-refractivity contribution in [2.24, 2.45) is 5.92 Å². The van der Waals surface area contributed by atoms with Crippen molar-refractivity contribution in [1.82, 2.24) is 20.9 Å². The van der Waals surface area contributed by atoms with Crippen LogP contribution in [0.1, 0.15) is 44.2 Å². The van der Waals surface area contributed by atoms with Gasteiger partial charge in [-0.1, -0.05) is 30.3 Å². The van der Waals surface area contributed by atoms with Gasteiger partial charge in [0.15, 0.2) is 0 Å². The van der Waals surface area contributed by atoms with Crippen molar-refractivity contribution in [1.29, 1.82) is 0 Å². The normalized spacial score (nSPS) is 23.9. The van der Waals surface area contributed by atoms with E-state index in [1.807, 2.05) is 24.3 Å². The smallest absolute Gasteiger partial charge is 0.246 e. The molecule has 0 unspecified atom stereocenters. The zero-order valence-corrected chi connectivity index (χ0v) is 24.0. The van der Waals surface area contributed by atoms with Crippen LogP contribution in [0.2, 0.25) is 0 Å². The fourth-order valence-corrected chi connectivity index (χ4v) is 5.36. The number of amides is 3. The quantitative estimate of drug-likeness (QED) is 0.448. The average Bonchev–Trinajstić information content (AvgIpc) is 3.76. The first-order valence-corrected chi connectivity index (χ1v) is 14.3.